The van der Waals surface area contributed by atoms with Crippen molar-refractivity contribution in [2.45, 2.75) is 197 Å². The van der Waals surface area contributed by atoms with E-state index in [1.54, 1.807) is 108 Å². The number of nitrogens with zero attached hydrogens (tertiary/aromatic N) is 2. The van der Waals surface area contributed by atoms with Gasteiger partial charge < -0.3 is 88.3 Å². The molecular weight excluding hydrogens is 1320 g/mol. The molecule has 8 rings (SSSR count). The van der Waals surface area contributed by atoms with E-state index in [1.807, 2.05) is 20.8 Å². The van der Waals surface area contributed by atoms with E-state index in [0.717, 1.165) is 12.2 Å². The number of ketones is 2. The lowest BCUT2D eigenvalue weighted by molar-refractivity contribution is -0.153. The lowest BCUT2D eigenvalue weighted by atomic mass is 9.92. The molecule has 0 aliphatic carbocycles. The zero-order chi connectivity index (χ0) is 73.5. The van der Waals surface area contributed by atoms with Crippen LogP contribution in [0.4, 0.5) is 30.2 Å². The molecule has 2 fully saturated rings. The van der Waals surface area contributed by atoms with Gasteiger partial charge in [-0.3, -0.25) is 9.59 Å². The van der Waals surface area contributed by atoms with Gasteiger partial charge in [-0.05, 0) is 142 Å². The maximum atomic E-state index is 14.9. The summed E-state index contributed by atoms with van der Waals surface area (Å²) in [6, 6.07) is 9.10. The molecule has 3 aromatic rings. The molecular formula is C73H96B2F3N3O20. The summed E-state index contributed by atoms with van der Waals surface area (Å²) in [7, 11) is 2.65. The normalized spacial score (nSPS) is 29.2. The fourth-order valence-corrected chi connectivity index (χ4v) is 11.2. The molecule has 2 saturated heterocycles. The van der Waals surface area contributed by atoms with Gasteiger partial charge in [0.1, 0.15) is 88.8 Å². The van der Waals surface area contributed by atoms with E-state index in [4.69, 9.17) is 33.2 Å². The summed E-state index contributed by atoms with van der Waals surface area (Å²) in [5.74, 6) is -12.4. The summed E-state index contributed by atoms with van der Waals surface area (Å²) in [5.41, 5.74) is 2.44. The largest absolute Gasteiger partial charge is 0.507 e. The van der Waals surface area contributed by atoms with Crippen molar-refractivity contribution < 1.29 is 111 Å². The van der Waals surface area contributed by atoms with Gasteiger partial charge in [0, 0.05) is 72.6 Å². The number of cyclic esters (lactones) is 3. The summed E-state index contributed by atoms with van der Waals surface area (Å²) < 4.78 is 83.5. The number of benzene rings is 3. The van der Waals surface area contributed by atoms with Gasteiger partial charge >= 0.3 is 32.7 Å². The highest BCUT2D eigenvalue weighted by Crippen LogP contribution is 2.39. The van der Waals surface area contributed by atoms with Crippen molar-refractivity contribution >= 4 is 92.0 Å². The SMILES string of the molecule is C.C.CCN([B]C=O)c1cc(O)c2c(c1)/C=C/C[C@@H]1OC(C)(C)O[C@@H]1C(=O)/C(F)=C\[C@@H](C)[C@H](C)OC2=O.CCN([B]C=O)c1cc(O)c2c(c1)/C=C/C[C@@H]1OC(C)(C)O[C@@H]1[C@H](O)/C(F)=C\[C@@H](C)[C@H](C)OC2=O.CCNc1cc(O)c2c(c1)/C=C/C[C@H](O)[C@H](O)C(=O)/C(F)=C\[C@@H](C)[C@H](C)OC2=O. The Labute approximate surface area is 590 Å². The Kier molecular flexibility index (Phi) is 31.6. The second-order valence-electron chi connectivity index (χ2n) is 25.3. The first-order chi connectivity index (χ1) is 46.6. The summed E-state index contributed by atoms with van der Waals surface area (Å²) >= 11 is 0. The average molecular weight is 1410 g/mol. The standard InChI is InChI=1S/C25H32BFNO7.C25H30BFNO7.C21H26FNO6.2CH4/c2*1-6-28(26-13-29)17-11-16-8-7-9-20-23(35-25(4,5)34-20)22(31)18(27)10-14(2)15(3)33-24(32)21(16)19(30)12-17;1-4-23-14-9-13-6-5-7-16(24)20(27)19(26)15(22)8-11(2)12(3)29-21(28)18(13)17(25)10-14;;/h7-8,10-15,20,22-23,30-31H,6,9H2,1-5H3;7-8,10-15,20,23,30H,6,9H2,1-5H3;5-6,8-12,16,20,23-25,27H,4,7H2,1-3H3;2*1H4/b2*8-7+,18-10+;6-5+,15-8+;;/t14-,15+,20+,22-,23+;14-,15+,20+,23+;11-,12+,16+,20+;;/m111../s1. The van der Waals surface area contributed by atoms with Gasteiger partial charge in [0.2, 0.25) is 11.6 Å². The quantitative estimate of drug-likeness (QED) is 0.0429. The third kappa shape index (κ3) is 22.1. The van der Waals surface area contributed by atoms with Crippen LogP contribution in [0.2, 0.25) is 0 Å². The zero-order valence-corrected chi connectivity index (χ0v) is 57.6. The fraction of sp³-hybridized carbons (Fsp3) is 0.493. The molecule has 550 valence electrons. The average Bonchev–Trinajstić information content (AvgIpc) is 1.51. The number of rotatable bonds is 10. The van der Waals surface area contributed by atoms with E-state index in [-0.39, 0.29) is 68.1 Å². The van der Waals surface area contributed by atoms with E-state index < -0.39 is 137 Å². The van der Waals surface area contributed by atoms with Crippen molar-refractivity contribution in [3.05, 3.63) is 124 Å². The highest BCUT2D eigenvalue weighted by atomic mass is 19.1. The minimum absolute atomic E-state index is 0. The predicted molar refractivity (Wildman–Crippen MR) is 379 cm³/mol. The molecule has 5 heterocycles. The number of hydrogen-bond donors (Lipinski definition) is 7. The number of hydrogen-bond acceptors (Lipinski definition) is 23. The van der Waals surface area contributed by atoms with Gasteiger partial charge in [-0.25, -0.2) is 27.6 Å². The zero-order valence-electron chi connectivity index (χ0n) is 57.6. The third-order valence-electron chi connectivity index (χ3n) is 16.9. The van der Waals surface area contributed by atoms with Crippen LogP contribution in [0.5, 0.6) is 17.2 Å². The number of ether oxygens (including phenoxy) is 7. The molecule has 0 saturated carbocycles. The predicted octanol–water partition coefficient (Wildman–Crippen LogP) is 10.8. The maximum absolute atomic E-state index is 14.9. The van der Waals surface area contributed by atoms with Gasteiger partial charge in [0.05, 0.1) is 18.3 Å². The molecule has 5 aliphatic heterocycles. The van der Waals surface area contributed by atoms with Crippen LogP contribution in [0.3, 0.4) is 0 Å². The number of fused-ring (bicyclic) bond motifs is 5. The van der Waals surface area contributed by atoms with Gasteiger partial charge in [0.25, 0.3) is 0 Å². The number of phenolic OH excluding ortho intramolecular Hbond substituents is 3. The van der Waals surface area contributed by atoms with Gasteiger partial charge in [0.15, 0.2) is 29.3 Å². The van der Waals surface area contributed by atoms with Crippen molar-refractivity contribution in [3.8, 4) is 17.2 Å². The lowest BCUT2D eigenvalue weighted by Gasteiger charge is -2.24. The molecule has 101 heavy (non-hydrogen) atoms. The maximum Gasteiger partial charge on any atom is 0.342 e. The lowest BCUT2D eigenvalue weighted by Crippen LogP contribution is -2.36. The number of carbonyl (C=O) groups is 7. The smallest absolute Gasteiger partial charge is 0.342 e. The number of anilines is 3. The fourth-order valence-electron chi connectivity index (χ4n) is 11.2. The second kappa shape index (κ2) is 37.5. The number of aliphatic hydroxyl groups is 3. The molecule has 0 spiro atoms. The highest BCUT2D eigenvalue weighted by Gasteiger charge is 2.47. The molecule has 2 radical (unpaired) electrons. The Balaban J connectivity index is 0.000000320. The number of aliphatic hydroxyl groups excluding tert-OH is 3. The Bertz CT molecular complexity index is 3630. The first-order valence-electron chi connectivity index (χ1n) is 32.6. The van der Waals surface area contributed by atoms with E-state index in [1.165, 1.54) is 65.1 Å². The summed E-state index contributed by atoms with van der Waals surface area (Å²) in [6.45, 7) is 23.2. The Morgan fingerprint density at radius 2 is 0.931 bits per heavy atom. The number of halogens is 3. The second-order valence-corrected chi connectivity index (χ2v) is 25.3. The van der Waals surface area contributed by atoms with Crippen molar-refractivity contribution in [1.29, 1.82) is 0 Å². The molecule has 5 aliphatic rings. The van der Waals surface area contributed by atoms with Crippen molar-refractivity contribution in [2.24, 2.45) is 17.8 Å². The van der Waals surface area contributed by atoms with Gasteiger partial charge in [-0.1, -0.05) is 72.1 Å². The van der Waals surface area contributed by atoms with E-state index in [0.29, 0.717) is 65.8 Å². The minimum atomic E-state index is -1.93. The van der Waals surface area contributed by atoms with Gasteiger partial charge in [-0.15, -0.1) is 0 Å². The Morgan fingerprint density at radius 3 is 1.38 bits per heavy atom. The van der Waals surface area contributed by atoms with Crippen LogP contribution in [0, 0.1) is 17.8 Å². The monoisotopic (exact) mass is 1410 g/mol. The molecule has 0 bridgehead atoms. The summed E-state index contributed by atoms with van der Waals surface area (Å²) in [6.07, 6.45) is 3.30. The number of carbonyl (C=O) groups excluding carboxylic acids is 7. The molecule has 7 N–H and O–H groups in total. The Morgan fingerprint density at radius 1 is 0.535 bits per heavy atom. The number of phenols is 3. The molecule has 3 aromatic carbocycles. The minimum Gasteiger partial charge on any atom is -0.507 e. The number of esters is 3. The number of Topliss-reactive ketones (excluding diaryl/α,β-unsaturated/α-hetero) is 2. The highest BCUT2D eigenvalue weighted by molar-refractivity contribution is 6.70. The van der Waals surface area contributed by atoms with E-state index in [2.05, 4.69) is 5.32 Å². The number of aromatic hydroxyl groups is 3. The van der Waals surface area contributed by atoms with E-state index >= 15 is 0 Å². The van der Waals surface area contributed by atoms with Gasteiger partial charge in [-0.2, -0.15) is 0 Å². The number of nitrogens with one attached hydrogen (secondary N) is 1. The summed E-state index contributed by atoms with van der Waals surface area (Å²) in [5, 5.41) is 65.5. The van der Waals surface area contributed by atoms with Crippen LogP contribution in [-0.4, -0.2) is 180 Å². The van der Waals surface area contributed by atoms with Crippen molar-refractivity contribution in [3.63, 3.8) is 0 Å². The molecule has 0 amide bonds. The third-order valence-corrected chi connectivity index (χ3v) is 16.9. The first kappa shape index (κ1) is 85.0. The molecule has 0 unspecified atom stereocenters. The van der Waals surface area contributed by atoms with Crippen molar-refractivity contribution in [1.82, 2.24) is 0 Å². The molecule has 0 aromatic heterocycles. The Hall–Kier alpha value is -8.37. The van der Waals surface area contributed by atoms with Crippen LogP contribution in [-0.2, 0) is 52.3 Å². The van der Waals surface area contributed by atoms with Crippen LogP contribution < -0.4 is 14.9 Å². The van der Waals surface area contributed by atoms with Crippen LogP contribution >= 0.6 is 0 Å². The van der Waals surface area contributed by atoms with Crippen molar-refractivity contribution in [2.75, 3.05) is 34.6 Å². The van der Waals surface area contributed by atoms with E-state index in [9.17, 15) is 77.4 Å². The van der Waals surface area contributed by atoms with Crippen LogP contribution in [0.15, 0.2) is 90.3 Å². The van der Waals surface area contributed by atoms with Crippen LogP contribution in [0.1, 0.15) is 172 Å². The van der Waals surface area contributed by atoms with Crippen LogP contribution in [0.25, 0.3) is 18.2 Å². The first-order valence-corrected chi connectivity index (χ1v) is 32.6. The topological polar surface area (TPSA) is 324 Å². The summed E-state index contributed by atoms with van der Waals surface area (Å²) in [4.78, 5) is 88.8. The molecule has 13 atom stereocenters. The molecule has 28 heteroatoms. The molecule has 23 nitrogen and oxygen atoms in total.